The highest BCUT2D eigenvalue weighted by molar-refractivity contribution is 5.84. The molecule has 3 aromatic rings. The average Bonchev–Trinajstić information content (AvgIpc) is 2.97. The number of unbranched alkanes of at least 4 members (excludes halogenated alkanes) is 1. The van der Waals surface area contributed by atoms with Gasteiger partial charge in [0.15, 0.2) is 0 Å². The maximum Gasteiger partial charge on any atom is 0.326 e. The number of nitrogens with one attached hydrogen (secondary N) is 2. The van der Waals surface area contributed by atoms with Gasteiger partial charge < -0.3 is 20.5 Å². The van der Waals surface area contributed by atoms with E-state index in [-0.39, 0.29) is 12.8 Å². The third-order valence-corrected chi connectivity index (χ3v) is 7.02. The number of hydrogen-bond donors (Lipinski definition) is 3. The zero-order chi connectivity index (χ0) is 28.9. The molecule has 2 aromatic heterocycles. The van der Waals surface area contributed by atoms with Crippen molar-refractivity contribution >= 4 is 17.7 Å². The van der Waals surface area contributed by atoms with Gasteiger partial charge >= 0.3 is 5.97 Å². The zero-order valence-electron chi connectivity index (χ0n) is 23.2. The summed E-state index contributed by atoms with van der Waals surface area (Å²) in [5.41, 5.74) is 2.73. The van der Waals surface area contributed by atoms with Crippen LogP contribution in [0.25, 0.3) is 0 Å². The molecule has 3 heterocycles. The molecule has 0 bridgehead atoms. The summed E-state index contributed by atoms with van der Waals surface area (Å²) in [6.45, 7) is 3.27. The Labute approximate surface area is 240 Å². The molecule has 4 rings (SSSR count). The fraction of sp³-hybridized carbons (Fsp3) is 0.419. The van der Waals surface area contributed by atoms with Crippen molar-refractivity contribution in [3.63, 3.8) is 0 Å². The number of aliphatic carboxylic acids is 1. The van der Waals surface area contributed by atoms with E-state index in [1.54, 1.807) is 0 Å². The van der Waals surface area contributed by atoms with Crippen LogP contribution in [0.4, 0.5) is 10.2 Å². The smallest absolute Gasteiger partial charge is 0.326 e. The highest BCUT2D eigenvalue weighted by atomic mass is 19.1. The summed E-state index contributed by atoms with van der Waals surface area (Å²) in [5, 5.41) is 15.7. The van der Waals surface area contributed by atoms with Gasteiger partial charge in [-0.3, -0.25) is 14.7 Å². The SMILES string of the molecule is O=C(Cc1cncc(F)c1)NC(CCN(CCCCc1ccc2c(n1)NCCC2)CCOc1ccccc1)C(=O)O. The van der Waals surface area contributed by atoms with Crippen LogP contribution in [0.5, 0.6) is 5.75 Å². The molecular weight excluding hydrogens is 525 g/mol. The van der Waals surface area contributed by atoms with Gasteiger partial charge in [0.05, 0.1) is 12.6 Å². The Morgan fingerprint density at radius 2 is 1.95 bits per heavy atom. The van der Waals surface area contributed by atoms with Crippen LogP contribution < -0.4 is 15.4 Å². The number of carbonyl (C=O) groups is 2. The third kappa shape index (κ3) is 10.1. The molecule has 0 fully saturated rings. The first kappa shape index (κ1) is 29.9. The number of nitrogens with zero attached hydrogens (tertiary/aromatic N) is 3. The number of carbonyl (C=O) groups excluding carboxylic acids is 1. The van der Waals surface area contributed by atoms with Crippen LogP contribution in [-0.2, 0) is 28.9 Å². The number of aromatic nitrogens is 2. The number of aryl methyl sites for hydroxylation is 2. The molecule has 218 valence electrons. The average molecular weight is 564 g/mol. The van der Waals surface area contributed by atoms with E-state index < -0.39 is 23.7 Å². The van der Waals surface area contributed by atoms with Crippen LogP contribution in [0.2, 0.25) is 0 Å². The van der Waals surface area contributed by atoms with Crippen LogP contribution in [0.1, 0.15) is 42.5 Å². The Morgan fingerprint density at radius 3 is 2.76 bits per heavy atom. The van der Waals surface area contributed by atoms with Gasteiger partial charge in [0.25, 0.3) is 0 Å². The van der Waals surface area contributed by atoms with Crippen LogP contribution in [0.3, 0.4) is 0 Å². The fourth-order valence-electron chi connectivity index (χ4n) is 4.85. The minimum absolute atomic E-state index is 0.143. The number of fused-ring (bicyclic) bond motifs is 1. The highest BCUT2D eigenvalue weighted by Gasteiger charge is 2.21. The van der Waals surface area contributed by atoms with E-state index in [1.807, 2.05) is 30.3 Å². The maximum absolute atomic E-state index is 13.4. The summed E-state index contributed by atoms with van der Waals surface area (Å²) in [5.74, 6) is -0.359. The topological polar surface area (TPSA) is 117 Å². The van der Waals surface area contributed by atoms with Crippen molar-refractivity contribution in [2.75, 3.05) is 38.1 Å². The summed E-state index contributed by atoms with van der Waals surface area (Å²) in [6.07, 6.45) is 7.45. The van der Waals surface area contributed by atoms with E-state index in [1.165, 1.54) is 17.8 Å². The molecule has 1 aromatic carbocycles. The Balaban J connectivity index is 1.28. The second-order valence-corrected chi connectivity index (χ2v) is 10.2. The van der Waals surface area contributed by atoms with Crippen molar-refractivity contribution < 1.29 is 23.8 Å². The number of halogens is 1. The Bertz CT molecular complexity index is 1280. The van der Waals surface area contributed by atoms with Crippen molar-refractivity contribution in [3.8, 4) is 5.75 Å². The summed E-state index contributed by atoms with van der Waals surface area (Å²) >= 11 is 0. The van der Waals surface area contributed by atoms with Crippen molar-refractivity contribution in [2.24, 2.45) is 0 Å². The van der Waals surface area contributed by atoms with Gasteiger partial charge in [-0.2, -0.15) is 0 Å². The molecule has 9 nitrogen and oxygen atoms in total. The fourth-order valence-corrected chi connectivity index (χ4v) is 4.85. The van der Waals surface area contributed by atoms with Crippen molar-refractivity contribution in [3.05, 3.63) is 83.6 Å². The van der Waals surface area contributed by atoms with Gasteiger partial charge in [-0.05, 0) is 80.5 Å². The van der Waals surface area contributed by atoms with Gasteiger partial charge in [0.2, 0.25) is 5.91 Å². The summed E-state index contributed by atoms with van der Waals surface area (Å²) in [6, 6.07) is 14.0. The van der Waals surface area contributed by atoms with E-state index in [2.05, 4.69) is 32.7 Å². The van der Waals surface area contributed by atoms with E-state index in [9.17, 15) is 19.1 Å². The molecule has 0 spiro atoms. The number of pyridine rings is 2. The van der Waals surface area contributed by atoms with Crippen molar-refractivity contribution in [2.45, 2.75) is 51.0 Å². The summed E-state index contributed by atoms with van der Waals surface area (Å²) in [4.78, 5) is 35.1. The van der Waals surface area contributed by atoms with Gasteiger partial charge in [0, 0.05) is 31.5 Å². The number of para-hydroxylation sites is 1. The monoisotopic (exact) mass is 563 g/mol. The Hall–Kier alpha value is -4.05. The zero-order valence-corrected chi connectivity index (χ0v) is 23.2. The molecule has 1 atom stereocenters. The normalized spacial score (nSPS) is 13.2. The van der Waals surface area contributed by atoms with Gasteiger partial charge in [-0.1, -0.05) is 24.3 Å². The van der Waals surface area contributed by atoms with Gasteiger partial charge in [-0.25, -0.2) is 14.2 Å². The predicted octanol–water partition coefficient (Wildman–Crippen LogP) is 3.88. The minimum Gasteiger partial charge on any atom is -0.492 e. The molecule has 0 radical (unpaired) electrons. The molecular formula is C31H38FN5O4. The maximum atomic E-state index is 13.4. The second-order valence-electron chi connectivity index (χ2n) is 10.2. The third-order valence-electron chi connectivity index (χ3n) is 7.02. The summed E-state index contributed by atoms with van der Waals surface area (Å²) in [7, 11) is 0. The number of ether oxygens (including phenoxy) is 1. The first-order valence-electron chi connectivity index (χ1n) is 14.2. The molecule has 0 saturated heterocycles. The first-order valence-corrected chi connectivity index (χ1v) is 14.2. The quantitative estimate of drug-likeness (QED) is 0.225. The lowest BCUT2D eigenvalue weighted by Gasteiger charge is -2.24. The number of carboxylic acid groups (broad SMARTS) is 1. The molecule has 41 heavy (non-hydrogen) atoms. The van der Waals surface area contributed by atoms with Crippen molar-refractivity contribution in [1.82, 2.24) is 20.2 Å². The first-order chi connectivity index (χ1) is 20.0. The van der Waals surface area contributed by atoms with Crippen LogP contribution >= 0.6 is 0 Å². The number of carboxylic acids is 1. The van der Waals surface area contributed by atoms with Gasteiger partial charge in [-0.15, -0.1) is 0 Å². The van der Waals surface area contributed by atoms with Gasteiger partial charge in [0.1, 0.15) is 30.0 Å². The lowest BCUT2D eigenvalue weighted by Crippen LogP contribution is -2.44. The Morgan fingerprint density at radius 1 is 1.10 bits per heavy atom. The number of hydrogen-bond acceptors (Lipinski definition) is 7. The standard InChI is InChI=1S/C31H38FN5O4/c32-25-19-23(21-33-22-25)20-29(38)36-28(31(39)40)13-16-37(17-18-41-27-9-2-1-3-10-27)15-5-4-8-26-12-11-24-7-6-14-34-30(24)35-26/h1-3,9-12,19,21-22,28H,4-8,13-18,20H2,(H,34,35)(H,36,38)(H,39,40). The molecule has 10 heteroatoms. The minimum atomic E-state index is -1.11. The summed E-state index contributed by atoms with van der Waals surface area (Å²) < 4.78 is 19.3. The van der Waals surface area contributed by atoms with E-state index >= 15 is 0 Å². The molecule has 1 aliphatic heterocycles. The molecule has 1 amide bonds. The Kier molecular flexibility index (Phi) is 11.4. The lowest BCUT2D eigenvalue weighted by molar-refractivity contribution is -0.142. The van der Waals surface area contributed by atoms with Crippen molar-refractivity contribution in [1.29, 1.82) is 0 Å². The van der Waals surface area contributed by atoms with E-state index in [0.29, 0.717) is 25.3 Å². The highest BCUT2D eigenvalue weighted by Crippen LogP contribution is 2.20. The number of anilines is 1. The van der Waals surface area contributed by atoms with Crippen LogP contribution in [0, 0.1) is 5.82 Å². The van der Waals surface area contributed by atoms with Crippen LogP contribution in [0.15, 0.2) is 60.9 Å². The van der Waals surface area contributed by atoms with Crippen LogP contribution in [-0.4, -0.2) is 70.7 Å². The number of benzene rings is 1. The lowest BCUT2D eigenvalue weighted by atomic mass is 10.1. The predicted molar refractivity (Wildman–Crippen MR) is 154 cm³/mol. The molecule has 0 saturated carbocycles. The second kappa shape index (κ2) is 15.7. The number of rotatable bonds is 16. The molecule has 0 aliphatic carbocycles. The van der Waals surface area contributed by atoms with E-state index in [0.717, 1.165) is 68.7 Å². The molecule has 1 aliphatic rings. The molecule has 3 N–H and O–H groups in total. The van der Waals surface area contributed by atoms with E-state index in [4.69, 9.17) is 9.72 Å². The largest absolute Gasteiger partial charge is 0.492 e. The number of amides is 1. The molecule has 1 unspecified atom stereocenters.